The average molecular weight is 524 g/mol. The largest absolute Gasteiger partial charge is 0.456 e. The van der Waals surface area contributed by atoms with E-state index in [0.29, 0.717) is 5.56 Å². The lowest BCUT2D eigenvalue weighted by atomic mass is 10.1. The second-order valence-electron chi connectivity index (χ2n) is 6.97. The fourth-order valence-corrected chi connectivity index (χ4v) is 3.03. The summed E-state index contributed by atoms with van der Waals surface area (Å²) in [5, 5.41) is 14.6. The number of hydrogen-bond donors (Lipinski definition) is 1. The Morgan fingerprint density at radius 2 is 1.56 bits per heavy atom. The predicted molar refractivity (Wildman–Crippen MR) is 127 cm³/mol. The third kappa shape index (κ3) is 6.91. The van der Waals surface area contributed by atoms with Gasteiger partial charge in [-0.3, -0.25) is 19.7 Å². The number of Topliss-reactive ketones (excluding diaryl/α,β-unsaturated/α-hetero) is 1. The molecule has 0 spiro atoms. The summed E-state index contributed by atoms with van der Waals surface area (Å²) < 4.78 is 6.15. The number of nitro benzene ring substituents is 1. The number of amides is 1. The van der Waals surface area contributed by atoms with E-state index >= 15 is 0 Å². The van der Waals surface area contributed by atoms with Crippen LogP contribution >= 0.6 is 15.9 Å². The maximum absolute atomic E-state index is 12.7. The van der Waals surface area contributed by atoms with Gasteiger partial charge >= 0.3 is 5.97 Å². The standard InChI is InChI=1S/C24H18BrN3O6/c25-19-10-6-16(7-11-19)15-34-24(31)21(14-22(29)17-4-2-1-3-5-17)26-27-23(30)18-8-12-20(13-9-18)28(32)33/h1-13H,14-15H2,(H,27,30). The molecular weight excluding hydrogens is 506 g/mol. The number of ether oxygens (including phenoxy) is 1. The molecule has 3 aromatic carbocycles. The highest BCUT2D eigenvalue weighted by molar-refractivity contribution is 9.10. The number of hydrogen-bond acceptors (Lipinski definition) is 7. The first-order valence-corrected chi connectivity index (χ1v) is 10.7. The quantitative estimate of drug-likeness (QED) is 0.145. The second-order valence-corrected chi connectivity index (χ2v) is 7.89. The first kappa shape index (κ1) is 24.5. The fourth-order valence-electron chi connectivity index (χ4n) is 2.77. The molecule has 0 saturated carbocycles. The Balaban J connectivity index is 1.75. The zero-order valence-corrected chi connectivity index (χ0v) is 19.2. The summed E-state index contributed by atoms with van der Waals surface area (Å²) in [5.74, 6) is -1.96. The number of ketones is 1. The molecule has 0 unspecified atom stereocenters. The minimum Gasteiger partial charge on any atom is -0.456 e. The highest BCUT2D eigenvalue weighted by atomic mass is 79.9. The van der Waals surface area contributed by atoms with Gasteiger partial charge in [0.2, 0.25) is 0 Å². The van der Waals surface area contributed by atoms with E-state index < -0.39 is 23.2 Å². The third-order valence-electron chi connectivity index (χ3n) is 4.58. The van der Waals surface area contributed by atoms with Crippen LogP contribution < -0.4 is 5.43 Å². The van der Waals surface area contributed by atoms with Crippen molar-refractivity contribution in [1.82, 2.24) is 5.43 Å². The molecule has 172 valence electrons. The van der Waals surface area contributed by atoms with Crippen LogP contribution in [0.5, 0.6) is 0 Å². The van der Waals surface area contributed by atoms with Crippen LogP contribution in [0.3, 0.4) is 0 Å². The Labute approximate surface area is 202 Å². The van der Waals surface area contributed by atoms with E-state index in [1.54, 1.807) is 54.6 Å². The summed E-state index contributed by atoms with van der Waals surface area (Å²) in [6, 6.07) is 20.3. The van der Waals surface area contributed by atoms with Gasteiger partial charge in [-0.15, -0.1) is 0 Å². The molecule has 10 heteroatoms. The molecule has 0 heterocycles. The zero-order valence-electron chi connectivity index (χ0n) is 17.6. The Bertz CT molecular complexity index is 1230. The number of nitrogens with zero attached hydrogens (tertiary/aromatic N) is 2. The van der Waals surface area contributed by atoms with Gasteiger partial charge in [-0.25, -0.2) is 10.2 Å². The number of carbonyl (C=O) groups is 3. The molecule has 0 aliphatic heterocycles. The van der Waals surface area contributed by atoms with Gasteiger partial charge in [0.25, 0.3) is 11.6 Å². The second kappa shape index (κ2) is 11.6. The van der Waals surface area contributed by atoms with Crippen LogP contribution in [0.25, 0.3) is 0 Å². The maximum Gasteiger partial charge on any atom is 0.355 e. The number of halogens is 1. The van der Waals surface area contributed by atoms with Crippen molar-refractivity contribution in [3.63, 3.8) is 0 Å². The van der Waals surface area contributed by atoms with E-state index in [-0.39, 0.29) is 29.4 Å². The van der Waals surface area contributed by atoms with Gasteiger partial charge in [0.15, 0.2) is 11.5 Å². The lowest BCUT2D eigenvalue weighted by Crippen LogP contribution is -2.26. The molecule has 0 saturated heterocycles. The van der Waals surface area contributed by atoms with Crippen LogP contribution in [0.1, 0.15) is 32.7 Å². The van der Waals surface area contributed by atoms with E-state index in [9.17, 15) is 24.5 Å². The van der Waals surface area contributed by atoms with E-state index in [4.69, 9.17) is 4.74 Å². The van der Waals surface area contributed by atoms with Crippen molar-refractivity contribution in [3.05, 3.63) is 110 Å². The van der Waals surface area contributed by atoms with Crippen LogP contribution in [0.2, 0.25) is 0 Å². The van der Waals surface area contributed by atoms with Crippen LogP contribution in [0, 0.1) is 10.1 Å². The first-order valence-electron chi connectivity index (χ1n) is 9.94. The first-order chi connectivity index (χ1) is 16.3. The molecule has 0 fully saturated rings. The molecule has 0 radical (unpaired) electrons. The van der Waals surface area contributed by atoms with E-state index in [0.717, 1.165) is 10.0 Å². The summed E-state index contributed by atoms with van der Waals surface area (Å²) in [4.78, 5) is 47.9. The maximum atomic E-state index is 12.7. The Morgan fingerprint density at radius 3 is 2.18 bits per heavy atom. The lowest BCUT2D eigenvalue weighted by molar-refractivity contribution is -0.384. The number of esters is 1. The van der Waals surface area contributed by atoms with Gasteiger partial charge in [0, 0.05) is 27.7 Å². The Hall–Kier alpha value is -4.18. The number of hydrazone groups is 1. The van der Waals surface area contributed by atoms with Gasteiger partial charge in [-0.05, 0) is 29.8 Å². The molecule has 0 atom stereocenters. The molecule has 1 N–H and O–H groups in total. The van der Waals surface area contributed by atoms with Crippen molar-refractivity contribution >= 4 is 45.0 Å². The SMILES string of the molecule is O=C(OCc1ccc(Br)cc1)C(CC(=O)c1ccccc1)=NNC(=O)c1ccc([N+](=O)[O-])cc1. The number of nitro groups is 1. The number of carbonyl (C=O) groups excluding carboxylic acids is 3. The van der Waals surface area contributed by atoms with Gasteiger partial charge < -0.3 is 4.74 Å². The molecule has 0 aromatic heterocycles. The molecule has 0 aliphatic carbocycles. The van der Waals surface area contributed by atoms with Crippen molar-refractivity contribution in [2.24, 2.45) is 5.10 Å². The highest BCUT2D eigenvalue weighted by Gasteiger charge is 2.20. The van der Waals surface area contributed by atoms with Crippen LogP contribution in [0.4, 0.5) is 5.69 Å². The molecule has 0 bridgehead atoms. The number of rotatable bonds is 9. The monoisotopic (exact) mass is 523 g/mol. The fraction of sp³-hybridized carbons (Fsp3) is 0.0833. The van der Waals surface area contributed by atoms with Crippen LogP contribution in [-0.2, 0) is 16.1 Å². The minimum absolute atomic E-state index is 0.0546. The summed E-state index contributed by atoms with van der Waals surface area (Å²) in [7, 11) is 0. The van der Waals surface area contributed by atoms with Crippen LogP contribution in [0.15, 0.2) is 88.4 Å². The molecule has 1 amide bonds. The molecule has 3 rings (SSSR count). The van der Waals surface area contributed by atoms with Crippen molar-refractivity contribution < 1.29 is 24.0 Å². The third-order valence-corrected chi connectivity index (χ3v) is 5.10. The zero-order chi connectivity index (χ0) is 24.5. The summed E-state index contributed by atoms with van der Waals surface area (Å²) >= 11 is 3.32. The van der Waals surface area contributed by atoms with Crippen molar-refractivity contribution in [3.8, 4) is 0 Å². The van der Waals surface area contributed by atoms with Crippen LogP contribution in [-0.4, -0.2) is 28.3 Å². The smallest absolute Gasteiger partial charge is 0.355 e. The van der Waals surface area contributed by atoms with E-state index in [1.165, 1.54) is 24.3 Å². The van der Waals surface area contributed by atoms with Crippen molar-refractivity contribution in [2.45, 2.75) is 13.0 Å². The van der Waals surface area contributed by atoms with Gasteiger partial charge in [-0.2, -0.15) is 5.10 Å². The number of nitrogens with one attached hydrogen (secondary N) is 1. The normalized spacial score (nSPS) is 10.9. The Kier molecular flexibility index (Phi) is 8.36. The van der Waals surface area contributed by atoms with E-state index in [1.807, 2.05) is 0 Å². The van der Waals surface area contributed by atoms with Crippen molar-refractivity contribution in [2.75, 3.05) is 0 Å². The number of non-ortho nitro benzene ring substituents is 1. The van der Waals surface area contributed by atoms with Gasteiger partial charge in [-0.1, -0.05) is 58.4 Å². The summed E-state index contributed by atoms with van der Waals surface area (Å²) in [6.07, 6.45) is -0.399. The topological polar surface area (TPSA) is 128 Å². The molecule has 3 aromatic rings. The summed E-state index contributed by atoms with van der Waals surface area (Å²) in [5.41, 5.74) is 2.93. The minimum atomic E-state index is -0.865. The highest BCUT2D eigenvalue weighted by Crippen LogP contribution is 2.13. The predicted octanol–water partition coefficient (Wildman–Crippen LogP) is 4.46. The van der Waals surface area contributed by atoms with E-state index in [2.05, 4.69) is 26.5 Å². The summed E-state index contributed by atoms with van der Waals surface area (Å²) in [6.45, 7) is -0.0546. The van der Waals surface area contributed by atoms with Gasteiger partial charge in [0.05, 0.1) is 11.3 Å². The average Bonchev–Trinajstić information content (AvgIpc) is 2.86. The molecule has 0 aliphatic rings. The molecule has 9 nitrogen and oxygen atoms in total. The lowest BCUT2D eigenvalue weighted by Gasteiger charge is -2.08. The molecular formula is C24H18BrN3O6. The van der Waals surface area contributed by atoms with Gasteiger partial charge in [0.1, 0.15) is 6.61 Å². The molecule has 34 heavy (non-hydrogen) atoms. The number of benzene rings is 3. The van der Waals surface area contributed by atoms with Crippen molar-refractivity contribution in [1.29, 1.82) is 0 Å². The Morgan fingerprint density at radius 1 is 0.912 bits per heavy atom.